The van der Waals surface area contributed by atoms with Crippen LogP contribution in [0.3, 0.4) is 0 Å². The minimum atomic E-state index is 0.00755. The maximum absolute atomic E-state index is 7.37. The third-order valence-corrected chi connectivity index (χ3v) is 2.12. The number of nitrogens with two attached hydrogens (primary N) is 1. The number of amidine groups is 1. The first-order chi connectivity index (χ1) is 6.66. The number of nitrogens with zero attached hydrogens (tertiary/aromatic N) is 2. The lowest BCUT2D eigenvalue weighted by Crippen LogP contribution is -2.17. The quantitative estimate of drug-likeness (QED) is 0.483. The summed E-state index contributed by atoms with van der Waals surface area (Å²) in [6, 6.07) is 0.502. The molecular weight excluding hydrogens is 178 g/mol. The Morgan fingerprint density at radius 2 is 2.36 bits per heavy atom. The molecule has 1 aliphatic rings. The fourth-order valence-corrected chi connectivity index (χ4v) is 1.20. The SMILES string of the molecule is Cc1ncc(C(=N)N)c(NC2CC2)n1. The molecule has 0 atom stereocenters. The molecule has 1 aliphatic carbocycles. The van der Waals surface area contributed by atoms with Crippen LogP contribution in [0.4, 0.5) is 5.82 Å². The maximum atomic E-state index is 7.37. The van der Waals surface area contributed by atoms with Crippen LogP contribution in [-0.2, 0) is 0 Å². The van der Waals surface area contributed by atoms with Crippen LogP contribution in [0.25, 0.3) is 0 Å². The van der Waals surface area contributed by atoms with Crippen molar-refractivity contribution in [2.45, 2.75) is 25.8 Å². The molecule has 4 N–H and O–H groups in total. The number of rotatable bonds is 3. The second-order valence-electron chi connectivity index (χ2n) is 3.51. The van der Waals surface area contributed by atoms with Crippen LogP contribution >= 0.6 is 0 Å². The van der Waals surface area contributed by atoms with Crippen LogP contribution in [0.15, 0.2) is 6.20 Å². The third kappa shape index (κ3) is 1.81. The van der Waals surface area contributed by atoms with Crippen molar-refractivity contribution in [2.24, 2.45) is 5.73 Å². The van der Waals surface area contributed by atoms with Crippen molar-refractivity contribution in [1.29, 1.82) is 5.41 Å². The lowest BCUT2D eigenvalue weighted by Gasteiger charge is -2.08. The number of nitrogen functional groups attached to an aromatic ring is 1. The van der Waals surface area contributed by atoms with Crippen LogP contribution in [-0.4, -0.2) is 21.8 Å². The Morgan fingerprint density at radius 1 is 1.64 bits per heavy atom. The second kappa shape index (κ2) is 3.25. The highest BCUT2D eigenvalue weighted by Gasteiger charge is 2.23. The zero-order valence-corrected chi connectivity index (χ0v) is 8.04. The highest BCUT2D eigenvalue weighted by Crippen LogP contribution is 2.25. The Balaban J connectivity index is 2.31. The standard InChI is InChI=1S/C9H13N5/c1-5-12-4-7(8(10)11)9(13-5)14-6-2-3-6/h4,6H,2-3H2,1H3,(H3,10,11)(H,12,13,14). The van der Waals surface area contributed by atoms with Gasteiger partial charge in [-0.2, -0.15) is 0 Å². The van der Waals surface area contributed by atoms with Gasteiger partial charge in [-0.3, -0.25) is 5.41 Å². The molecule has 0 unspecified atom stereocenters. The molecule has 1 aromatic heterocycles. The third-order valence-electron chi connectivity index (χ3n) is 2.12. The van der Waals surface area contributed by atoms with Gasteiger partial charge in [-0.15, -0.1) is 0 Å². The van der Waals surface area contributed by atoms with E-state index in [2.05, 4.69) is 15.3 Å². The van der Waals surface area contributed by atoms with Gasteiger partial charge in [-0.05, 0) is 19.8 Å². The van der Waals surface area contributed by atoms with E-state index in [4.69, 9.17) is 11.1 Å². The van der Waals surface area contributed by atoms with Crippen LogP contribution in [0.2, 0.25) is 0 Å². The number of nitrogens with one attached hydrogen (secondary N) is 2. The smallest absolute Gasteiger partial charge is 0.140 e. The van der Waals surface area contributed by atoms with Crippen molar-refractivity contribution in [1.82, 2.24) is 9.97 Å². The van der Waals surface area contributed by atoms with Crippen molar-refractivity contribution in [3.05, 3.63) is 17.6 Å². The van der Waals surface area contributed by atoms with Crippen molar-refractivity contribution in [3.8, 4) is 0 Å². The summed E-state index contributed by atoms with van der Waals surface area (Å²) >= 11 is 0. The molecule has 1 saturated carbocycles. The van der Waals surface area contributed by atoms with Gasteiger partial charge in [0.2, 0.25) is 0 Å². The van der Waals surface area contributed by atoms with E-state index in [9.17, 15) is 0 Å². The van der Waals surface area contributed by atoms with Crippen LogP contribution in [0, 0.1) is 12.3 Å². The molecule has 74 valence electrons. The van der Waals surface area contributed by atoms with Crippen molar-refractivity contribution in [2.75, 3.05) is 5.32 Å². The summed E-state index contributed by atoms with van der Waals surface area (Å²) < 4.78 is 0. The van der Waals surface area contributed by atoms with Crippen LogP contribution in [0.1, 0.15) is 24.2 Å². The second-order valence-corrected chi connectivity index (χ2v) is 3.51. The monoisotopic (exact) mass is 191 g/mol. The lowest BCUT2D eigenvalue weighted by atomic mass is 10.3. The average molecular weight is 191 g/mol. The molecule has 1 heterocycles. The molecule has 14 heavy (non-hydrogen) atoms. The topological polar surface area (TPSA) is 87.7 Å². The molecule has 5 heteroatoms. The van der Waals surface area contributed by atoms with E-state index < -0.39 is 0 Å². The Hall–Kier alpha value is -1.65. The molecule has 0 spiro atoms. The van der Waals surface area contributed by atoms with Gasteiger partial charge in [0.25, 0.3) is 0 Å². The van der Waals surface area contributed by atoms with Crippen molar-refractivity contribution >= 4 is 11.7 Å². The summed E-state index contributed by atoms with van der Waals surface area (Å²) in [5, 5.41) is 10.6. The van der Waals surface area contributed by atoms with E-state index in [1.54, 1.807) is 6.20 Å². The highest BCUT2D eigenvalue weighted by atomic mass is 15.1. The Bertz CT molecular complexity index is 369. The van der Waals surface area contributed by atoms with Gasteiger partial charge in [0.1, 0.15) is 17.5 Å². The highest BCUT2D eigenvalue weighted by molar-refractivity contribution is 5.99. The molecule has 2 rings (SSSR count). The van der Waals surface area contributed by atoms with Gasteiger partial charge in [-0.25, -0.2) is 9.97 Å². The minimum absolute atomic E-state index is 0.00755. The fraction of sp³-hybridized carbons (Fsp3) is 0.444. The average Bonchev–Trinajstić information content (AvgIpc) is 2.87. The molecule has 0 radical (unpaired) electrons. The maximum Gasteiger partial charge on any atom is 0.140 e. The number of hydrogen-bond donors (Lipinski definition) is 3. The van der Waals surface area contributed by atoms with E-state index in [0.717, 1.165) is 0 Å². The lowest BCUT2D eigenvalue weighted by molar-refractivity contribution is 1.01. The predicted octanol–water partition coefficient (Wildman–Crippen LogP) is 0.643. The largest absolute Gasteiger partial charge is 0.384 e. The van der Waals surface area contributed by atoms with Crippen molar-refractivity contribution in [3.63, 3.8) is 0 Å². The first-order valence-electron chi connectivity index (χ1n) is 4.61. The fourth-order valence-electron chi connectivity index (χ4n) is 1.20. The molecular formula is C9H13N5. The van der Waals surface area contributed by atoms with E-state index in [0.29, 0.717) is 23.2 Å². The first kappa shape index (κ1) is 8.93. The van der Waals surface area contributed by atoms with Crippen LogP contribution < -0.4 is 11.1 Å². The molecule has 0 amide bonds. The number of aryl methyl sites for hydroxylation is 1. The van der Waals surface area contributed by atoms with E-state index in [1.807, 2.05) is 6.92 Å². The molecule has 1 fully saturated rings. The Labute approximate surface area is 82.3 Å². The first-order valence-corrected chi connectivity index (χ1v) is 4.61. The van der Waals surface area contributed by atoms with Gasteiger partial charge >= 0.3 is 0 Å². The number of aromatic nitrogens is 2. The summed E-state index contributed by atoms with van der Waals surface area (Å²) in [6.07, 6.45) is 3.93. The minimum Gasteiger partial charge on any atom is -0.384 e. The molecule has 0 aromatic carbocycles. The molecule has 5 nitrogen and oxygen atoms in total. The van der Waals surface area contributed by atoms with Gasteiger partial charge < -0.3 is 11.1 Å². The van der Waals surface area contributed by atoms with E-state index in [1.165, 1.54) is 12.8 Å². The molecule has 0 aliphatic heterocycles. The predicted molar refractivity (Wildman–Crippen MR) is 54.4 cm³/mol. The summed E-state index contributed by atoms with van der Waals surface area (Å²) in [4.78, 5) is 8.25. The van der Waals surface area contributed by atoms with Gasteiger partial charge in [-0.1, -0.05) is 0 Å². The summed E-state index contributed by atoms with van der Waals surface area (Å²) in [7, 11) is 0. The van der Waals surface area contributed by atoms with E-state index in [-0.39, 0.29) is 5.84 Å². The van der Waals surface area contributed by atoms with Gasteiger partial charge in [0, 0.05) is 12.2 Å². The zero-order chi connectivity index (χ0) is 10.1. The van der Waals surface area contributed by atoms with Crippen LogP contribution in [0.5, 0.6) is 0 Å². The number of hydrogen-bond acceptors (Lipinski definition) is 4. The Morgan fingerprint density at radius 3 is 2.93 bits per heavy atom. The molecule has 1 aromatic rings. The van der Waals surface area contributed by atoms with Gasteiger partial charge in [0.05, 0.1) is 5.56 Å². The normalized spacial score (nSPS) is 15.2. The van der Waals surface area contributed by atoms with Crippen molar-refractivity contribution < 1.29 is 0 Å². The summed E-state index contributed by atoms with van der Waals surface area (Å²) in [6.45, 7) is 1.82. The molecule has 0 bridgehead atoms. The van der Waals surface area contributed by atoms with Gasteiger partial charge in [0.15, 0.2) is 0 Å². The van der Waals surface area contributed by atoms with E-state index >= 15 is 0 Å². The summed E-state index contributed by atoms with van der Waals surface area (Å²) in [5.41, 5.74) is 6.01. The Kier molecular flexibility index (Phi) is 2.07. The number of anilines is 1. The summed E-state index contributed by atoms with van der Waals surface area (Å²) in [5.74, 6) is 1.39. The molecule has 0 saturated heterocycles. The zero-order valence-electron chi connectivity index (χ0n) is 8.04.